The molecule has 1 aliphatic heterocycles. The zero-order valence-electron chi connectivity index (χ0n) is 22.5. The number of carbonyl (C=O) groups excluding carboxylic acids is 2. The number of anilines is 2. The normalized spacial score (nSPS) is 14.6. The Labute approximate surface area is 239 Å². The molecule has 2 aliphatic rings. The van der Waals surface area contributed by atoms with E-state index in [0.29, 0.717) is 78.8 Å². The maximum atomic E-state index is 13.2. The molecule has 0 bridgehead atoms. The average molecular weight is 576 g/mol. The van der Waals surface area contributed by atoms with Crippen molar-refractivity contribution >= 4 is 34.1 Å². The third-order valence-corrected chi connectivity index (χ3v) is 6.80. The first-order valence-electron chi connectivity index (χ1n) is 13.2. The quantitative estimate of drug-likeness (QED) is 0.209. The molecule has 1 saturated carbocycles. The number of hydrogen-bond donors (Lipinski definition) is 2. The second-order valence-electron chi connectivity index (χ2n) is 9.63. The van der Waals surface area contributed by atoms with Crippen LogP contribution in [0, 0.1) is 11.2 Å². The van der Waals surface area contributed by atoms with Gasteiger partial charge in [-0.25, -0.2) is 19.3 Å². The fourth-order valence-electron chi connectivity index (χ4n) is 4.43. The minimum atomic E-state index is -1.20. The molecule has 1 fully saturated rings. The van der Waals surface area contributed by atoms with Gasteiger partial charge < -0.3 is 34.3 Å². The molecule has 1 aliphatic carbocycles. The number of methoxy groups -OCH3 is 1. The Morgan fingerprint density at radius 2 is 1.64 bits per heavy atom. The second kappa shape index (κ2) is 11.4. The topological polar surface area (TPSA) is 143 Å². The molecule has 0 saturated heterocycles. The Hall–Kier alpha value is -5.04. The number of nitrogens with zero attached hydrogens (tertiary/aromatic N) is 3. The van der Waals surface area contributed by atoms with Crippen LogP contribution >= 0.6 is 0 Å². The van der Waals surface area contributed by atoms with Crippen molar-refractivity contribution in [2.75, 3.05) is 44.2 Å². The van der Waals surface area contributed by atoms with E-state index in [9.17, 15) is 14.0 Å². The van der Waals surface area contributed by atoms with E-state index in [1.807, 2.05) is 0 Å². The standard InChI is InChI=1S/C29H26FN5O7/c1-38-10-11-39-21-14-20-23(25-24(21)40-12-13-41-25)26(33-16-32-20)42-22-7-6-19(15-31-22)35-28(37)29(8-9-29)27(36)34-18-4-2-17(30)3-5-18/h2-7,14-16H,8-13H2,1H3,(H,34,36)(H,35,37). The number of hydrogen-bond acceptors (Lipinski definition) is 10. The predicted molar refractivity (Wildman–Crippen MR) is 148 cm³/mol. The van der Waals surface area contributed by atoms with Gasteiger partial charge in [0, 0.05) is 24.9 Å². The van der Waals surface area contributed by atoms with Crippen molar-refractivity contribution in [3.8, 4) is 29.0 Å². The van der Waals surface area contributed by atoms with Crippen LogP contribution in [-0.4, -0.2) is 60.3 Å². The maximum absolute atomic E-state index is 13.2. The van der Waals surface area contributed by atoms with Crippen molar-refractivity contribution in [2.45, 2.75) is 12.8 Å². The molecule has 13 heteroatoms. The molecule has 216 valence electrons. The van der Waals surface area contributed by atoms with Crippen molar-refractivity contribution in [3.05, 3.63) is 60.8 Å². The highest BCUT2D eigenvalue weighted by atomic mass is 19.1. The lowest BCUT2D eigenvalue weighted by Crippen LogP contribution is -2.35. The van der Waals surface area contributed by atoms with Gasteiger partial charge in [0.25, 0.3) is 0 Å². The second-order valence-corrected chi connectivity index (χ2v) is 9.63. The van der Waals surface area contributed by atoms with Crippen LogP contribution in [0.4, 0.5) is 15.8 Å². The van der Waals surface area contributed by atoms with E-state index >= 15 is 0 Å². The number of benzene rings is 2. The van der Waals surface area contributed by atoms with Gasteiger partial charge in [0.1, 0.15) is 42.8 Å². The first kappa shape index (κ1) is 27.1. The van der Waals surface area contributed by atoms with Gasteiger partial charge in [0.05, 0.1) is 24.0 Å². The summed E-state index contributed by atoms with van der Waals surface area (Å²) in [5.41, 5.74) is 0.118. The van der Waals surface area contributed by atoms with Gasteiger partial charge in [-0.3, -0.25) is 9.59 Å². The minimum Gasteiger partial charge on any atom is -0.487 e. The van der Waals surface area contributed by atoms with E-state index in [1.54, 1.807) is 25.3 Å². The van der Waals surface area contributed by atoms with E-state index in [-0.39, 0.29) is 11.8 Å². The molecular formula is C29H26FN5O7. The van der Waals surface area contributed by atoms with Gasteiger partial charge in [-0.1, -0.05) is 0 Å². The monoisotopic (exact) mass is 575 g/mol. The number of amides is 2. The van der Waals surface area contributed by atoms with Crippen LogP contribution in [0.5, 0.6) is 29.0 Å². The summed E-state index contributed by atoms with van der Waals surface area (Å²) in [6.45, 7) is 1.40. The van der Waals surface area contributed by atoms with Crippen molar-refractivity contribution in [3.63, 3.8) is 0 Å². The van der Waals surface area contributed by atoms with Crippen molar-refractivity contribution < 1.29 is 37.7 Å². The van der Waals surface area contributed by atoms with E-state index < -0.39 is 23.0 Å². The molecule has 6 rings (SSSR count). The molecular weight excluding hydrogens is 549 g/mol. The number of aromatic nitrogens is 3. The molecule has 2 N–H and O–H groups in total. The molecule has 12 nitrogen and oxygen atoms in total. The lowest BCUT2D eigenvalue weighted by atomic mass is 10.0. The zero-order valence-corrected chi connectivity index (χ0v) is 22.5. The van der Waals surface area contributed by atoms with Crippen LogP contribution in [0.3, 0.4) is 0 Å². The Morgan fingerprint density at radius 1 is 0.929 bits per heavy atom. The highest BCUT2D eigenvalue weighted by Crippen LogP contribution is 2.49. The first-order valence-corrected chi connectivity index (χ1v) is 13.2. The molecule has 2 amide bonds. The Morgan fingerprint density at radius 3 is 2.33 bits per heavy atom. The van der Waals surface area contributed by atoms with Crippen LogP contribution in [0.25, 0.3) is 10.9 Å². The average Bonchev–Trinajstić information content (AvgIpc) is 3.82. The fourth-order valence-corrected chi connectivity index (χ4v) is 4.43. The third-order valence-electron chi connectivity index (χ3n) is 6.80. The molecule has 42 heavy (non-hydrogen) atoms. The van der Waals surface area contributed by atoms with Crippen molar-refractivity contribution in [1.82, 2.24) is 15.0 Å². The van der Waals surface area contributed by atoms with Gasteiger partial charge in [-0.15, -0.1) is 0 Å². The van der Waals surface area contributed by atoms with E-state index in [4.69, 9.17) is 23.7 Å². The summed E-state index contributed by atoms with van der Waals surface area (Å²) in [6, 6.07) is 10.2. The summed E-state index contributed by atoms with van der Waals surface area (Å²) in [5, 5.41) is 5.92. The highest BCUT2D eigenvalue weighted by molar-refractivity contribution is 6.16. The highest BCUT2D eigenvalue weighted by Gasteiger charge is 2.56. The number of fused-ring (bicyclic) bond motifs is 3. The number of pyridine rings is 1. The molecule has 0 spiro atoms. The molecule has 0 radical (unpaired) electrons. The molecule has 0 unspecified atom stereocenters. The SMILES string of the molecule is COCCOc1cc2ncnc(Oc3ccc(NC(=O)C4(C(=O)Nc5ccc(F)cc5)CC4)cn3)c2c2c1OCCO2. The maximum Gasteiger partial charge on any atom is 0.240 e. The van der Waals surface area contributed by atoms with Crippen LogP contribution < -0.4 is 29.6 Å². The Balaban J connectivity index is 1.16. The summed E-state index contributed by atoms with van der Waals surface area (Å²) < 4.78 is 41.8. The van der Waals surface area contributed by atoms with E-state index in [1.165, 1.54) is 36.8 Å². The van der Waals surface area contributed by atoms with Gasteiger partial charge >= 0.3 is 0 Å². The van der Waals surface area contributed by atoms with Crippen LogP contribution in [0.2, 0.25) is 0 Å². The molecule has 4 aromatic rings. The van der Waals surface area contributed by atoms with Crippen molar-refractivity contribution in [1.29, 1.82) is 0 Å². The van der Waals surface area contributed by atoms with Crippen LogP contribution in [0.15, 0.2) is 55.0 Å². The largest absolute Gasteiger partial charge is 0.487 e. The number of halogens is 1. The van der Waals surface area contributed by atoms with Gasteiger partial charge in [0.2, 0.25) is 29.3 Å². The molecule has 2 aromatic carbocycles. The van der Waals surface area contributed by atoms with Gasteiger partial charge in [0.15, 0.2) is 11.5 Å². The summed E-state index contributed by atoms with van der Waals surface area (Å²) in [4.78, 5) is 38.7. The predicted octanol–water partition coefficient (Wildman–Crippen LogP) is 4.11. The number of rotatable bonds is 10. The minimum absolute atomic E-state index is 0.198. The van der Waals surface area contributed by atoms with Gasteiger partial charge in [-0.05, 0) is 43.2 Å². The summed E-state index contributed by atoms with van der Waals surface area (Å²) >= 11 is 0. The summed E-state index contributed by atoms with van der Waals surface area (Å²) in [6.07, 6.45) is 3.57. The Bertz CT molecular complexity index is 1630. The third kappa shape index (κ3) is 5.46. The zero-order chi connectivity index (χ0) is 29.1. The van der Waals surface area contributed by atoms with Crippen molar-refractivity contribution in [2.24, 2.45) is 5.41 Å². The molecule has 0 atom stereocenters. The molecule has 3 heterocycles. The summed E-state index contributed by atoms with van der Waals surface area (Å²) in [5.74, 6) is 0.379. The molecule has 2 aromatic heterocycles. The number of nitrogens with one attached hydrogen (secondary N) is 2. The first-order chi connectivity index (χ1) is 20.5. The number of carbonyl (C=O) groups is 2. The van der Waals surface area contributed by atoms with E-state index in [0.717, 1.165) is 0 Å². The fraction of sp³-hybridized carbons (Fsp3) is 0.276. The summed E-state index contributed by atoms with van der Waals surface area (Å²) in [7, 11) is 1.59. The van der Waals surface area contributed by atoms with Gasteiger partial charge in [-0.2, -0.15) is 0 Å². The number of ether oxygens (including phenoxy) is 5. The van der Waals surface area contributed by atoms with Crippen LogP contribution in [-0.2, 0) is 14.3 Å². The van der Waals surface area contributed by atoms with E-state index in [2.05, 4.69) is 25.6 Å². The lowest BCUT2D eigenvalue weighted by molar-refractivity contribution is -0.131. The Kier molecular flexibility index (Phi) is 7.40. The van der Waals surface area contributed by atoms with Crippen LogP contribution in [0.1, 0.15) is 12.8 Å². The smallest absolute Gasteiger partial charge is 0.240 e. The lowest BCUT2D eigenvalue weighted by Gasteiger charge is -2.23.